The molecule has 6 amide bonds. The van der Waals surface area contributed by atoms with Crippen LogP contribution in [0.15, 0.2) is 78.9 Å². The summed E-state index contributed by atoms with van der Waals surface area (Å²) in [5.74, 6) is -2.10. The van der Waals surface area contributed by atoms with Crippen molar-refractivity contribution in [1.29, 1.82) is 0 Å². The number of carbonyl (C=O) groups excluding carboxylic acids is 4. The van der Waals surface area contributed by atoms with Crippen LogP contribution in [-0.2, 0) is 20.7 Å². The molecule has 0 spiro atoms. The van der Waals surface area contributed by atoms with E-state index in [0.717, 1.165) is 27.8 Å². The fraction of sp³-hybridized carbons (Fsp3) is 0.361. The van der Waals surface area contributed by atoms with Crippen LogP contribution in [0.1, 0.15) is 49.8 Å². The average Bonchev–Trinajstić information content (AvgIpc) is 3.39. The number of amides is 6. The molecule has 0 bridgehead atoms. The lowest BCUT2D eigenvalue weighted by atomic mass is 9.98. The first-order chi connectivity index (χ1) is 23.9. The highest BCUT2D eigenvalue weighted by atomic mass is 16.5. The number of aliphatic hydroxyl groups excluding tert-OH is 1. The smallest absolute Gasteiger partial charge is 0.407 e. The molecule has 0 saturated carbocycles. The van der Waals surface area contributed by atoms with Gasteiger partial charge in [-0.3, -0.25) is 4.79 Å². The zero-order valence-electron chi connectivity index (χ0n) is 28.1. The summed E-state index contributed by atoms with van der Waals surface area (Å²) in [6.45, 7) is 4.53. The van der Waals surface area contributed by atoms with Gasteiger partial charge >= 0.3 is 24.1 Å². The van der Waals surface area contributed by atoms with E-state index in [-0.39, 0.29) is 24.9 Å². The third kappa shape index (κ3) is 10.4. The highest BCUT2D eigenvalue weighted by Gasteiger charge is 2.31. The first-order valence-corrected chi connectivity index (χ1v) is 16.4. The van der Waals surface area contributed by atoms with Crippen molar-refractivity contribution in [3.8, 4) is 11.1 Å². The molecule has 0 unspecified atom stereocenters. The number of carbonyl (C=O) groups is 5. The summed E-state index contributed by atoms with van der Waals surface area (Å²) >= 11 is 0. The minimum absolute atomic E-state index is 0.0214. The van der Waals surface area contributed by atoms with Gasteiger partial charge in [0, 0.05) is 12.3 Å². The van der Waals surface area contributed by atoms with E-state index in [1.165, 1.54) is 6.92 Å². The molecular weight excluding hydrogens is 644 g/mol. The van der Waals surface area contributed by atoms with Gasteiger partial charge in [0.25, 0.3) is 0 Å². The van der Waals surface area contributed by atoms with Crippen LogP contribution in [0.5, 0.6) is 0 Å². The van der Waals surface area contributed by atoms with E-state index >= 15 is 0 Å². The van der Waals surface area contributed by atoms with Crippen LogP contribution in [0.4, 0.5) is 14.4 Å². The Morgan fingerprint density at radius 3 is 1.82 bits per heavy atom. The molecule has 0 aliphatic heterocycles. The Labute approximate surface area is 290 Å². The van der Waals surface area contributed by atoms with Crippen molar-refractivity contribution >= 4 is 30.0 Å². The van der Waals surface area contributed by atoms with E-state index < -0.39 is 61.1 Å². The van der Waals surface area contributed by atoms with Crippen molar-refractivity contribution in [2.75, 3.05) is 13.2 Å². The second-order valence-corrected chi connectivity index (χ2v) is 12.4. The Balaban J connectivity index is 1.39. The number of aliphatic hydroxyl groups is 1. The summed E-state index contributed by atoms with van der Waals surface area (Å²) < 4.78 is 5.69. The van der Waals surface area contributed by atoms with Gasteiger partial charge in [0.15, 0.2) is 6.04 Å². The number of alkyl carbamates (subject to hydrolysis) is 1. The van der Waals surface area contributed by atoms with Gasteiger partial charge in [-0.25, -0.2) is 19.2 Å². The number of aliphatic carboxylic acids is 1. The Hall–Kier alpha value is -5.63. The lowest BCUT2D eigenvalue weighted by Gasteiger charge is -2.26. The second kappa shape index (κ2) is 17.7. The molecule has 50 heavy (non-hydrogen) atoms. The summed E-state index contributed by atoms with van der Waals surface area (Å²) in [6, 6.07) is 20.9. The van der Waals surface area contributed by atoms with Gasteiger partial charge in [-0.15, -0.1) is 0 Å². The Morgan fingerprint density at radius 1 is 0.700 bits per heavy atom. The van der Waals surface area contributed by atoms with Crippen LogP contribution in [0, 0.1) is 5.92 Å². The topological polar surface area (TPSA) is 207 Å². The number of hydrogen-bond acceptors (Lipinski definition) is 7. The summed E-state index contributed by atoms with van der Waals surface area (Å²) in [5, 5.41) is 33.3. The largest absolute Gasteiger partial charge is 0.480 e. The van der Waals surface area contributed by atoms with Crippen LogP contribution >= 0.6 is 0 Å². The van der Waals surface area contributed by atoms with Gasteiger partial charge < -0.3 is 46.9 Å². The number of benzene rings is 3. The van der Waals surface area contributed by atoms with Gasteiger partial charge in [-0.2, -0.15) is 0 Å². The maximum atomic E-state index is 13.7. The van der Waals surface area contributed by atoms with Crippen LogP contribution in [0.3, 0.4) is 0 Å². The van der Waals surface area contributed by atoms with Gasteiger partial charge in [0.05, 0.1) is 6.61 Å². The lowest BCUT2D eigenvalue weighted by Crippen LogP contribution is -2.59. The third-order valence-electron chi connectivity index (χ3n) is 8.05. The SMILES string of the molecule is CC(C)C[C@H](NC(=O)OCC1c2ccccc2-c2ccccc21)C(=O)N[C@H](Cc1ccccc1)NC(=O)N[C@H](C)NC(=O)N[C@@H](CO)C(=O)O. The van der Waals surface area contributed by atoms with Crippen LogP contribution in [0.2, 0.25) is 0 Å². The van der Waals surface area contributed by atoms with Gasteiger partial charge in [-0.1, -0.05) is 92.7 Å². The monoisotopic (exact) mass is 688 g/mol. The fourth-order valence-electron chi connectivity index (χ4n) is 5.76. The molecule has 1 aliphatic carbocycles. The Kier molecular flexibility index (Phi) is 13.1. The summed E-state index contributed by atoms with van der Waals surface area (Å²) in [5.41, 5.74) is 5.11. The molecule has 0 heterocycles. The molecular formula is C36H44N6O8. The fourth-order valence-corrected chi connectivity index (χ4v) is 5.76. The zero-order valence-corrected chi connectivity index (χ0v) is 28.1. The number of carboxylic acid groups (broad SMARTS) is 1. The van der Waals surface area contributed by atoms with Crippen molar-refractivity contribution in [3.63, 3.8) is 0 Å². The maximum absolute atomic E-state index is 13.7. The number of urea groups is 2. The number of ether oxygens (including phenoxy) is 1. The van der Waals surface area contributed by atoms with Gasteiger partial charge in [0.1, 0.15) is 25.0 Å². The van der Waals surface area contributed by atoms with E-state index in [9.17, 15) is 24.0 Å². The number of carboxylic acids is 1. The van der Waals surface area contributed by atoms with Crippen LogP contribution in [-0.4, -0.2) is 77.9 Å². The molecule has 3 aromatic rings. The first kappa shape index (κ1) is 37.2. The van der Waals surface area contributed by atoms with Crippen molar-refractivity contribution in [1.82, 2.24) is 31.9 Å². The normalized spacial score (nSPS) is 14.2. The highest BCUT2D eigenvalue weighted by Crippen LogP contribution is 2.44. The lowest BCUT2D eigenvalue weighted by molar-refractivity contribution is -0.140. The predicted molar refractivity (Wildman–Crippen MR) is 185 cm³/mol. The Bertz CT molecular complexity index is 1610. The Morgan fingerprint density at radius 2 is 1.26 bits per heavy atom. The minimum Gasteiger partial charge on any atom is -0.480 e. The molecule has 4 rings (SSSR count). The van der Waals surface area contributed by atoms with Gasteiger partial charge in [0.2, 0.25) is 5.91 Å². The molecule has 4 atom stereocenters. The molecule has 0 radical (unpaired) electrons. The highest BCUT2D eigenvalue weighted by molar-refractivity contribution is 5.87. The van der Waals surface area contributed by atoms with E-state index in [1.54, 1.807) is 0 Å². The number of rotatable bonds is 15. The predicted octanol–water partition coefficient (Wildman–Crippen LogP) is 3.01. The maximum Gasteiger partial charge on any atom is 0.407 e. The van der Waals surface area contributed by atoms with E-state index in [1.807, 2.05) is 92.7 Å². The average molecular weight is 689 g/mol. The van der Waals surface area contributed by atoms with Crippen LogP contribution in [0.25, 0.3) is 11.1 Å². The van der Waals surface area contributed by atoms with Crippen molar-refractivity contribution in [3.05, 3.63) is 95.6 Å². The second-order valence-electron chi connectivity index (χ2n) is 12.4. The first-order valence-electron chi connectivity index (χ1n) is 16.4. The summed E-state index contributed by atoms with van der Waals surface area (Å²) in [7, 11) is 0. The van der Waals surface area contributed by atoms with Crippen molar-refractivity contribution in [2.24, 2.45) is 5.92 Å². The molecule has 0 aromatic heterocycles. The van der Waals surface area contributed by atoms with Gasteiger partial charge in [-0.05, 0) is 47.1 Å². The van der Waals surface area contributed by atoms with E-state index in [2.05, 4.69) is 31.9 Å². The molecule has 8 N–H and O–H groups in total. The molecule has 0 saturated heterocycles. The quantitative estimate of drug-likeness (QED) is 0.111. The molecule has 0 fully saturated rings. The standard InChI is InChI=1S/C36H44N6O8/c1-21(2)17-29(40-36(49)50-20-28-26-15-9-7-13-24(26)25-14-8-10-16-27(25)28)32(44)41-31(18-23-11-5-4-6-12-23)42-35(48)38-22(3)37-34(47)39-30(19-43)33(45)46/h4-16,21-22,28-31,43H,17-20H2,1-3H3,(H,40,49)(H,41,44)(H,45,46)(H2,37,39,47)(H2,38,42,48)/t22-,29+,30+,31+/m1/s1. The number of nitrogens with one attached hydrogen (secondary N) is 6. The number of fused-ring (bicyclic) bond motifs is 3. The molecule has 14 heteroatoms. The molecule has 3 aromatic carbocycles. The number of hydrogen-bond donors (Lipinski definition) is 8. The zero-order chi connectivity index (χ0) is 36.2. The van der Waals surface area contributed by atoms with Crippen LogP contribution < -0.4 is 31.9 Å². The summed E-state index contributed by atoms with van der Waals surface area (Å²) in [6.07, 6.45) is -2.17. The molecule has 14 nitrogen and oxygen atoms in total. The molecule has 1 aliphatic rings. The van der Waals surface area contributed by atoms with E-state index in [0.29, 0.717) is 6.42 Å². The van der Waals surface area contributed by atoms with E-state index in [4.69, 9.17) is 14.9 Å². The summed E-state index contributed by atoms with van der Waals surface area (Å²) in [4.78, 5) is 62.9. The van der Waals surface area contributed by atoms with Crippen molar-refractivity contribution in [2.45, 2.75) is 63.9 Å². The van der Waals surface area contributed by atoms with Crippen molar-refractivity contribution < 1.29 is 38.9 Å². The minimum atomic E-state index is -1.53. The molecule has 266 valence electrons. The third-order valence-corrected chi connectivity index (χ3v) is 8.05.